The van der Waals surface area contributed by atoms with E-state index in [1.165, 1.54) is 12.1 Å². The monoisotopic (exact) mass is 300 g/mol. The van der Waals surface area contributed by atoms with Gasteiger partial charge in [0.15, 0.2) is 11.5 Å². The first-order valence-corrected chi connectivity index (χ1v) is 8.21. The molecule has 1 heterocycles. The molecule has 7 heteroatoms. The molecule has 0 atom stereocenters. The molecule has 0 unspecified atom stereocenters. The van der Waals surface area contributed by atoms with Crippen molar-refractivity contribution in [2.45, 2.75) is 24.2 Å². The first-order valence-electron chi connectivity index (χ1n) is 6.73. The van der Waals surface area contributed by atoms with Gasteiger partial charge in [-0.05, 0) is 31.5 Å². The number of hydrogen-bond acceptors (Lipinski definition) is 5. The van der Waals surface area contributed by atoms with Crippen molar-refractivity contribution < 1.29 is 17.9 Å². The maximum Gasteiger partial charge on any atom is 0.240 e. The first-order chi connectivity index (χ1) is 9.63. The van der Waals surface area contributed by atoms with Crippen LogP contribution in [0.15, 0.2) is 23.1 Å². The zero-order valence-electron chi connectivity index (χ0n) is 11.3. The molecule has 6 nitrogen and oxygen atoms in total. The molecule has 20 heavy (non-hydrogen) atoms. The molecule has 0 aromatic heterocycles. The Kier molecular flexibility index (Phi) is 5.22. The molecule has 0 aliphatic carbocycles. The molecule has 2 rings (SSSR count). The number of ether oxygens (including phenoxy) is 2. The van der Waals surface area contributed by atoms with Crippen molar-refractivity contribution in [2.24, 2.45) is 5.73 Å². The van der Waals surface area contributed by atoms with Crippen LogP contribution in [0.4, 0.5) is 0 Å². The van der Waals surface area contributed by atoms with Gasteiger partial charge in [0.2, 0.25) is 10.0 Å². The Balaban J connectivity index is 2.09. The van der Waals surface area contributed by atoms with Crippen LogP contribution in [-0.4, -0.2) is 34.7 Å². The summed E-state index contributed by atoms with van der Waals surface area (Å²) >= 11 is 0. The molecule has 0 saturated carbocycles. The summed E-state index contributed by atoms with van der Waals surface area (Å²) in [7, 11) is -3.51. The van der Waals surface area contributed by atoms with Crippen LogP contribution in [0.5, 0.6) is 11.5 Å². The van der Waals surface area contributed by atoms with Crippen LogP contribution in [-0.2, 0) is 10.0 Å². The molecular formula is C13H20N2O4S. The number of fused-ring (bicyclic) bond motifs is 1. The molecule has 0 bridgehead atoms. The van der Waals surface area contributed by atoms with E-state index in [2.05, 4.69) is 4.72 Å². The maximum absolute atomic E-state index is 12.1. The first kappa shape index (κ1) is 15.1. The van der Waals surface area contributed by atoms with E-state index in [1.54, 1.807) is 6.07 Å². The smallest absolute Gasteiger partial charge is 0.240 e. The van der Waals surface area contributed by atoms with Gasteiger partial charge in [-0.3, -0.25) is 0 Å². The second-order valence-electron chi connectivity index (χ2n) is 4.55. The van der Waals surface area contributed by atoms with E-state index < -0.39 is 10.0 Å². The standard InChI is InChI=1S/C13H20N2O4S/c14-6-1-2-7-15-20(16,17)11-4-5-12-13(10-11)19-9-3-8-18-12/h4-5,10,15H,1-3,6-9,14H2. The highest BCUT2D eigenvalue weighted by atomic mass is 32.2. The van der Waals surface area contributed by atoms with Crippen molar-refractivity contribution in [2.75, 3.05) is 26.3 Å². The topological polar surface area (TPSA) is 90.7 Å². The molecular weight excluding hydrogens is 280 g/mol. The van der Waals surface area contributed by atoms with Crippen molar-refractivity contribution in [3.8, 4) is 11.5 Å². The number of benzene rings is 1. The average molecular weight is 300 g/mol. The summed E-state index contributed by atoms with van der Waals surface area (Å²) in [6.45, 7) is 2.05. The lowest BCUT2D eigenvalue weighted by molar-refractivity contribution is 0.297. The van der Waals surface area contributed by atoms with Gasteiger partial charge < -0.3 is 15.2 Å². The molecule has 0 fully saturated rings. The second-order valence-corrected chi connectivity index (χ2v) is 6.32. The van der Waals surface area contributed by atoms with Gasteiger partial charge in [-0.1, -0.05) is 0 Å². The fourth-order valence-electron chi connectivity index (χ4n) is 1.87. The van der Waals surface area contributed by atoms with Gasteiger partial charge in [0.25, 0.3) is 0 Å². The lowest BCUT2D eigenvalue weighted by atomic mass is 10.3. The van der Waals surface area contributed by atoms with E-state index in [-0.39, 0.29) is 4.90 Å². The van der Waals surface area contributed by atoms with Crippen LogP contribution in [0.1, 0.15) is 19.3 Å². The molecule has 1 aliphatic heterocycles. The van der Waals surface area contributed by atoms with Crippen molar-refractivity contribution >= 4 is 10.0 Å². The summed E-state index contributed by atoms with van der Waals surface area (Å²) in [4.78, 5) is 0.189. The van der Waals surface area contributed by atoms with Gasteiger partial charge in [-0.25, -0.2) is 13.1 Å². The summed E-state index contributed by atoms with van der Waals surface area (Å²) in [6.07, 6.45) is 2.30. The van der Waals surface area contributed by atoms with Crippen molar-refractivity contribution in [3.05, 3.63) is 18.2 Å². The second kappa shape index (κ2) is 6.92. The molecule has 1 aliphatic rings. The zero-order chi connectivity index (χ0) is 14.4. The fourth-order valence-corrected chi connectivity index (χ4v) is 2.96. The number of nitrogens with one attached hydrogen (secondary N) is 1. The van der Waals surface area contributed by atoms with Crippen LogP contribution in [0.3, 0.4) is 0 Å². The lowest BCUT2D eigenvalue weighted by Gasteiger charge is -2.10. The summed E-state index contributed by atoms with van der Waals surface area (Å²) in [6, 6.07) is 4.67. The normalized spacial score (nSPS) is 14.8. The SMILES string of the molecule is NCCCCNS(=O)(=O)c1ccc2c(c1)OCCCO2. The fraction of sp³-hybridized carbons (Fsp3) is 0.538. The van der Waals surface area contributed by atoms with Crippen LogP contribution >= 0.6 is 0 Å². The van der Waals surface area contributed by atoms with Crippen molar-refractivity contribution in [1.29, 1.82) is 0 Å². The quantitative estimate of drug-likeness (QED) is 0.761. The van der Waals surface area contributed by atoms with E-state index in [0.29, 0.717) is 37.8 Å². The van der Waals surface area contributed by atoms with Gasteiger partial charge in [-0.15, -0.1) is 0 Å². The lowest BCUT2D eigenvalue weighted by Crippen LogP contribution is -2.25. The van der Waals surface area contributed by atoms with Crippen LogP contribution in [0, 0.1) is 0 Å². The summed E-state index contributed by atoms with van der Waals surface area (Å²) in [5.41, 5.74) is 5.37. The average Bonchev–Trinajstić information content (AvgIpc) is 2.68. The molecule has 1 aromatic carbocycles. The van der Waals surface area contributed by atoms with Crippen molar-refractivity contribution in [1.82, 2.24) is 4.72 Å². The van der Waals surface area contributed by atoms with Crippen LogP contribution in [0.2, 0.25) is 0 Å². The van der Waals surface area contributed by atoms with E-state index in [9.17, 15) is 8.42 Å². The number of rotatable bonds is 6. The Hall–Kier alpha value is -1.31. The van der Waals surface area contributed by atoms with E-state index in [4.69, 9.17) is 15.2 Å². The van der Waals surface area contributed by atoms with Gasteiger partial charge in [-0.2, -0.15) is 0 Å². The third kappa shape index (κ3) is 3.84. The Morgan fingerprint density at radius 2 is 1.90 bits per heavy atom. The van der Waals surface area contributed by atoms with Gasteiger partial charge in [0.05, 0.1) is 18.1 Å². The molecule has 0 spiro atoms. The minimum absolute atomic E-state index is 0.189. The van der Waals surface area contributed by atoms with Gasteiger partial charge >= 0.3 is 0 Å². The van der Waals surface area contributed by atoms with E-state index >= 15 is 0 Å². The minimum atomic E-state index is -3.51. The highest BCUT2D eigenvalue weighted by Crippen LogP contribution is 2.31. The van der Waals surface area contributed by atoms with Crippen LogP contribution < -0.4 is 19.9 Å². The summed E-state index contributed by atoms with van der Waals surface area (Å²) in [5.74, 6) is 1.07. The van der Waals surface area contributed by atoms with Gasteiger partial charge in [0.1, 0.15) is 0 Å². The number of sulfonamides is 1. The zero-order valence-corrected chi connectivity index (χ0v) is 12.1. The third-order valence-corrected chi connectivity index (χ3v) is 4.41. The number of unbranched alkanes of at least 4 members (excludes halogenated alkanes) is 1. The molecule has 1 aromatic rings. The summed E-state index contributed by atoms with van der Waals surface area (Å²) in [5, 5.41) is 0. The Morgan fingerprint density at radius 1 is 1.15 bits per heavy atom. The van der Waals surface area contributed by atoms with E-state index in [1.807, 2.05) is 0 Å². The molecule has 3 N–H and O–H groups in total. The minimum Gasteiger partial charge on any atom is -0.490 e. The number of hydrogen-bond donors (Lipinski definition) is 2. The Labute approximate surface area is 119 Å². The van der Waals surface area contributed by atoms with E-state index in [0.717, 1.165) is 19.3 Å². The van der Waals surface area contributed by atoms with Crippen molar-refractivity contribution in [3.63, 3.8) is 0 Å². The highest BCUT2D eigenvalue weighted by Gasteiger charge is 2.18. The van der Waals surface area contributed by atoms with Crippen LogP contribution in [0.25, 0.3) is 0 Å². The Bertz CT molecular complexity index is 545. The predicted molar refractivity (Wildman–Crippen MR) is 75.5 cm³/mol. The van der Waals surface area contributed by atoms with Gasteiger partial charge in [0, 0.05) is 19.0 Å². The molecule has 0 radical (unpaired) electrons. The summed E-state index contributed by atoms with van der Waals surface area (Å²) < 4.78 is 37.8. The highest BCUT2D eigenvalue weighted by molar-refractivity contribution is 7.89. The molecule has 112 valence electrons. The third-order valence-electron chi connectivity index (χ3n) is 2.95. The Morgan fingerprint density at radius 3 is 2.65 bits per heavy atom. The molecule has 0 amide bonds. The predicted octanol–water partition coefficient (Wildman–Crippen LogP) is 0.865. The number of nitrogens with two attached hydrogens (primary N) is 1. The molecule has 0 saturated heterocycles. The largest absolute Gasteiger partial charge is 0.490 e. The maximum atomic E-state index is 12.1.